The van der Waals surface area contributed by atoms with Gasteiger partial charge in [-0.1, -0.05) is 18.5 Å². The number of aliphatic hydroxyl groups is 2. The number of aryl methyl sites for hydroxylation is 1. The van der Waals surface area contributed by atoms with E-state index < -0.39 is 6.10 Å². The number of halogens is 1. The minimum atomic E-state index is -0.640. The van der Waals surface area contributed by atoms with Gasteiger partial charge in [-0.3, -0.25) is 4.68 Å². The Morgan fingerprint density at radius 2 is 2.33 bits per heavy atom. The fourth-order valence-electron chi connectivity index (χ4n) is 1.51. The normalized spacial score (nSPS) is 13.1. The first-order chi connectivity index (χ1) is 7.20. The van der Waals surface area contributed by atoms with Gasteiger partial charge in [0.15, 0.2) is 0 Å². The molecule has 0 fully saturated rings. The summed E-state index contributed by atoms with van der Waals surface area (Å²) in [4.78, 5) is 0. The van der Waals surface area contributed by atoms with Crippen LogP contribution in [-0.2, 0) is 6.54 Å². The Hall–Kier alpha value is -0.580. The highest BCUT2D eigenvalue weighted by Gasteiger charge is 2.17. The zero-order valence-corrected chi connectivity index (χ0v) is 9.61. The van der Waals surface area contributed by atoms with Crippen molar-refractivity contribution in [2.45, 2.75) is 38.8 Å². The van der Waals surface area contributed by atoms with Gasteiger partial charge >= 0.3 is 0 Å². The van der Waals surface area contributed by atoms with E-state index in [-0.39, 0.29) is 6.61 Å². The van der Waals surface area contributed by atoms with Crippen LogP contribution in [0.25, 0.3) is 0 Å². The lowest BCUT2D eigenvalue weighted by molar-refractivity contribution is 0.142. The van der Waals surface area contributed by atoms with Gasteiger partial charge in [-0.25, -0.2) is 0 Å². The highest BCUT2D eigenvalue weighted by Crippen LogP contribution is 2.25. The van der Waals surface area contributed by atoms with Crippen LogP contribution in [0.15, 0.2) is 6.20 Å². The molecule has 1 aromatic rings. The number of aliphatic hydroxyl groups excluding tert-OH is 2. The maximum Gasteiger partial charge on any atom is 0.0972 e. The molecule has 15 heavy (non-hydrogen) atoms. The third-order valence-corrected chi connectivity index (χ3v) is 2.51. The summed E-state index contributed by atoms with van der Waals surface area (Å²) < 4.78 is 1.73. The van der Waals surface area contributed by atoms with Gasteiger partial charge in [0.2, 0.25) is 0 Å². The molecular formula is C10H17ClN2O2. The van der Waals surface area contributed by atoms with Crippen molar-refractivity contribution < 1.29 is 10.2 Å². The summed E-state index contributed by atoms with van der Waals surface area (Å²) in [7, 11) is 0. The number of aromatic nitrogens is 2. The average molecular weight is 233 g/mol. The first-order valence-electron chi connectivity index (χ1n) is 5.20. The Morgan fingerprint density at radius 1 is 1.60 bits per heavy atom. The molecule has 0 saturated carbocycles. The molecule has 1 aromatic heterocycles. The van der Waals surface area contributed by atoms with Gasteiger partial charge in [0, 0.05) is 13.2 Å². The summed E-state index contributed by atoms with van der Waals surface area (Å²) in [6.45, 7) is 2.87. The van der Waals surface area contributed by atoms with E-state index in [1.807, 2.05) is 6.92 Å². The van der Waals surface area contributed by atoms with Crippen LogP contribution in [0, 0.1) is 0 Å². The van der Waals surface area contributed by atoms with E-state index in [0.717, 1.165) is 13.0 Å². The van der Waals surface area contributed by atoms with Crippen molar-refractivity contribution in [1.82, 2.24) is 9.78 Å². The Kier molecular flexibility index (Phi) is 5.08. The molecular weight excluding hydrogens is 216 g/mol. The van der Waals surface area contributed by atoms with Crippen LogP contribution in [0.3, 0.4) is 0 Å². The van der Waals surface area contributed by atoms with Crippen molar-refractivity contribution in [2.24, 2.45) is 0 Å². The standard InChI is InChI=1S/C10H17ClN2O2/c1-2-5-13-10(8(11)7-12-13)9(15)4-3-6-14/h7,9,14-15H,2-6H2,1H3. The van der Waals surface area contributed by atoms with Crippen LogP contribution >= 0.6 is 11.6 Å². The highest BCUT2D eigenvalue weighted by atomic mass is 35.5. The largest absolute Gasteiger partial charge is 0.396 e. The van der Waals surface area contributed by atoms with E-state index in [4.69, 9.17) is 16.7 Å². The van der Waals surface area contributed by atoms with E-state index in [0.29, 0.717) is 23.6 Å². The van der Waals surface area contributed by atoms with Crippen LogP contribution < -0.4 is 0 Å². The zero-order valence-electron chi connectivity index (χ0n) is 8.86. The van der Waals surface area contributed by atoms with Crippen molar-refractivity contribution in [3.05, 3.63) is 16.9 Å². The average Bonchev–Trinajstić information content (AvgIpc) is 2.57. The zero-order chi connectivity index (χ0) is 11.3. The van der Waals surface area contributed by atoms with Crippen LogP contribution in [0.1, 0.15) is 38.0 Å². The first-order valence-corrected chi connectivity index (χ1v) is 5.58. The van der Waals surface area contributed by atoms with Gasteiger partial charge in [-0.2, -0.15) is 5.10 Å². The molecule has 1 rings (SSSR count). The second-order valence-electron chi connectivity index (χ2n) is 3.48. The van der Waals surface area contributed by atoms with E-state index >= 15 is 0 Å². The fourth-order valence-corrected chi connectivity index (χ4v) is 1.78. The number of hydrogen-bond donors (Lipinski definition) is 2. The molecule has 1 atom stereocenters. The van der Waals surface area contributed by atoms with Crippen molar-refractivity contribution >= 4 is 11.6 Å². The molecule has 2 N–H and O–H groups in total. The Labute approximate surface area is 94.5 Å². The van der Waals surface area contributed by atoms with Gasteiger partial charge in [-0.15, -0.1) is 0 Å². The van der Waals surface area contributed by atoms with E-state index in [1.165, 1.54) is 0 Å². The molecule has 0 amide bonds. The molecule has 5 heteroatoms. The summed E-state index contributed by atoms with van der Waals surface area (Å²) in [5.74, 6) is 0. The van der Waals surface area contributed by atoms with Crippen LogP contribution in [-0.4, -0.2) is 26.6 Å². The van der Waals surface area contributed by atoms with Gasteiger partial charge in [-0.05, 0) is 19.3 Å². The summed E-state index contributed by atoms with van der Waals surface area (Å²) in [6, 6.07) is 0. The molecule has 0 spiro atoms. The molecule has 4 nitrogen and oxygen atoms in total. The van der Waals surface area contributed by atoms with Crippen LogP contribution in [0.2, 0.25) is 5.02 Å². The summed E-state index contributed by atoms with van der Waals surface area (Å²) in [6.07, 6.45) is 2.92. The summed E-state index contributed by atoms with van der Waals surface area (Å²) >= 11 is 5.95. The van der Waals surface area contributed by atoms with Crippen molar-refractivity contribution in [3.63, 3.8) is 0 Å². The lowest BCUT2D eigenvalue weighted by atomic mass is 10.1. The van der Waals surface area contributed by atoms with E-state index in [2.05, 4.69) is 5.10 Å². The van der Waals surface area contributed by atoms with Crippen molar-refractivity contribution in [1.29, 1.82) is 0 Å². The Morgan fingerprint density at radius 3 is 2.93 bits per heavy atom. The van der Waals surface area contributed by atoms with Crippen molar-refractivity contribution in [3.8, 4) is 0 Å². The van der Waals surface area contributed by atoms with Crippen LogP contribution in [0.5, 0.6) is 0 Å². The third-order valence-electron chi connectivity index (χ3n) is 2.22. The number of rotatable bonds is 6. The quantitative estimate of drug-likeness (QED) is 0.786. The van der Waals surface area contributed by atoms with Gasteiger partial charge in [0.25, 0.3) is 0 Å². The lowest BCUT2D eigenvalue weighted by Gasteiger charge is -2.12. The molecule has 1 heterocycles. The molecule has 0 radical (unpaired) electrons. The minimum Gasteiger partial charge on any atom is -0.396 e. The molecule has 0 saturated heterocycles. The molecule has 0 aromatic carbocycles. The Bertz CT molecular complexity index is 302. The SMILES string of the molecule is CCCn1ncc(Cl)c1C(O)CCCO. The maximum atomic E-state index is 9.87. The maximum absolute atomic E-state index is 9.87. The second kappa shape index (κ2) is 6.10. The number of hydrogen-bond acceptors (Lipinski definition) is 3. The second-order valence-corrected chi connectivity index (χ2v) is 3.89. The lowest BCUT2D eigenvalue weighted by Crippen LogP contribution is -2.10. The molecule has 0 aliphatic heterocycles. The van der Waals surface area contributed by atoms with E-state index in [1.54, 1.807) is 10.9 Å². The molecule has 1 unspecified atom stereocenters. The van der Waals surface area contributed by atoms with E-state index in [9.17, 15) is 5.11 Å². The Balaban J connectivity index is 2.75. The monoisotopic (exact) mass is 232 g/mol. The fraction of sp³-hybridized carbons (Fsp3) is 0.700. The topological polar surface area (TPSA) is 58.3 Å². The predicted molar refractivity (Wildman–Crippen MR) is 58.8 cm³/mol. The van der Waals surface area contributed by atoms with Crippen molar-refractivity contribution in [2.75, 3.05) is 6.61 Å². The van der Waals surface area contributed by atoms with Crippen LogP contribution in [0.4, 0.5) is 0 Å². The van der Waals surface area contributed by atoms with Gasteiger partial charge in [0.1, 0.15) is 0 Å². The molecule has 86 valence electrons. The van der Waals surface area contributed by atoms with Gasteiger partial charge in [0.05, 0.1) is 23.0 Å². The minimum absolute atomic E-state index is 0.0800. The summed E-state index contributed by atoms with van der Waals surface area (Å²) in [5, 5.41) is 23.2. The highest BCUT2D eigenvalue weighted by molar-refractivity contribution is 6.31. The smallest absolute Gasteiger partial charge is 0.0972 e. The first kappa shape index (κ1) is 12.5. The molecule has 0 aliphatic rings. The molecule has 0 bridgehead atoms. The third kappa shape index (κ3) is 3.19. The number of nitrogens with zero attached hydrogens (tertiary/aromatic N) is 2. The predicted octanol–water partition coefficient (Wildman–Crippen LogP) is 1.75. The molecule has 0 aliphatic carbocycles. The van der Waals surface area contributed by atoms with Gasteiger partial charge < -0.3 is 10.2 Å². The summed E-state index contributed by atoms with van der Waals surface area (Å²) in [5.41, 5.74) is 0.659.